The third-order valence-corrected chi connectivity index (χ3v) is 3.94. The monoisotopic (exact) mass is 312 g/mol. The highest BCUT2D eigenvalue weighted by Gasteiger charge is 2.27. The van der Waals surface area contributed by atoms with Crippen molar-refractivity contribution in [2.24, 2.45) is 5.92 Å². The largest absolute Gasteiger partial charge is 0.379 e. The van der Waals surface area contributed by atoms with Crippen molar-refractivity contribution in [3.8, 4) is 0 Å². The summed E-state index contributed by atoms with van der Waals surface area (Å²) in [4.78, 5) is 14.2. The number of nitrogens with zero attached hydrogens (tertiary/aromatic N) is 1. The molecule has 0 bridgehead atoms. The molecule has 130 valence electrons. The predicted octanol–water partition coefficient (Wildman–Crippen LogP) is 3.21. The maximum absolute atomic E-state index is 11.8. The molecular weight excluding hydrogens is 276 g/mol. The Balaban J connectivity index is 1.86. The molecule has 0 aliphatic carbocycles. The average molecular weight is 312 g/mol. The first-order valence-electron chi connectivity index (χ1n) is 9.10. The zero-order chi connectivity index (χ0) is 16.4. The number of carbonyl (C=O) groups excluding carboxylic acids is 1. The van der Waals surface area contributed by atoms with Crippen molar-refractivity contribution in [1.82, 2.24) is 10.2 Å². The van der Waals surface area contributed by atoms with Gasteiger partial charge in [0, 0.05) is 32.7 Å². The van der Waals surface area contributed by atoms with E-state index in [0.717, 1.165) is 45.5 Å². The Morgan fingerprint density at radius 3 is 2.36 bits per heavy atom. The minimum atomic E-state index is 0.234. The van der Waals surface area contributed by atoms with E-state index in [1.165, 1.54) is 12.8 Å². The summed E-state index contributed by atoms with van der Waals surface area (Å²) in [6.45, 7) is 12.7. The number of hydrogen-bond donors (Lipinski definition) is 1. The van der Waals surface area contributed by atoms with Gasteiger partial charge in [0.2, 0.25) is 5.91 Å². The van der Waals surface area contributed by atoms with Crippen LogP contribution in [0, 0.1) is 5.92 Å². The minimum absolute atomic E-state index is 0.234. The van der Waals surface area contributed by atoms with Crippen LogP contribution in [0.5, 0.6) is 0 Å². The van der Waals surface area contributed by atoms with Crippen LogP contribution in [0.3, 0.4) is 0 Å². The van der Waals surface area contributed by atoms with Gasteiger partial charge in [-0.2, -0.15) is 0 Å². The fraction of sp³-hybridized carbons (Fsp3) is 0.944. The lowest BCUT2D eigenvalue weighted by atomic mass is 10.1. The van der Waals surface area contributed by atoms with Gasteiger partial charge in [0.25, 0.3) is 0 Å². The molecule has 1 fully saturated rings. The zero-order valence-corrected chi connectivity index (χ0v) is 15.1. The van der Waals surface area contributed by atoms with Crippen LogP contribution < -0.4 is 5.32 Å². The highest BCUT2D eigenvalue weighted by atomic mass is 16.5. The highest BCUT2D eigenvalue weighted by molar-refractivity contribution is 5.76. The molecule has 1 rings (SSSR count). The summed E-state index contributed by atoms with van der Waals surface area (Å²) < 4.78 is 5.51. The number of likely N-dealkylation sites (tertiary alicyclic amines) is 1. The first-order valence-corrected chi connectivity index (χ1v) is 9.10. The number of rotatable bonds is 12. The molecule has 1 N–H and O–H groups in total. The van der Waals surface area contributed by atoms with Crippen molar-refractivity contribution in [2.75, 3.05) is 26.2 Å². The van der Waals surface area contributed by atoms with Crippen LogP contribution in [0.25, 0.3) is 0 Å². The Labute approximate surface area is 137 Å². The molecule has 1 aliphatic heterocycles. The Morgan fingerprint density at radius 2 is 1.73 bits per heavy atom. The SMILES string of the molecule is CC(C)CN1CC(NC(=O)CCCCCCCOC(C)C)C1. The summed E-state index contributed by atoms with van der Waals surface area (Å²) in [5.41, 5.74) is 0. The molecule has 1 aliphatic rings. The second kappa shape index (κ2) is 11.0. The lowest BCUT2D eigenvalue weighted by Crippen LogP contribution is -2.59. The third kappa shape index (κ3) is 9.42. The molecule has 4 heteroatoms. The average Bonchev–Trinajstić information content (AvgIpc) is 2.38. The molecule has 0 aromatic carbocycles. The molecule has 0 radical (unpaired) electrons. The van der Waals surface area contributed by atoms with E-state index in [-0.39, 0.29) is 5.91 Å². The second-order valence-corrected chi connectivity index (χ2v) is 7.31. The van der Waals surface area contributed by atoms with E-state index in [2.05, 4.69) is 37.9 Å². The van der Waals surface area contributed by atoms with Crippen LogP contribution in [0.15, 0.2) is 0 Å². The summed E-state index contributed by atoms with van der Waals surface area (Å²) in [7, 11) is 0. The quantitative estimate of drug-likeness (QED) is 0.563. The van der Waals surface area contributed by atoms with Gasteiger partial charge >= 0.3 is 0 Å². The molecule has 1 saturated heterocycles. The van der Waals surface area contributed by atoms with Crippen LogP contribution in [-0.2, 0) is 9.53 Å². The summed E-state index contributed by atoms with van der Waals surface area (Å²) in [6.07, 6.45) is 6.74. The number of hydrogen-bond acceptors (Lipinski definition) is 3. The maximum Gasteiger partial charge on any atom is 0.220 e. The van der Waals surface area contributed by atoms with Gasteiger partial charge in [0.05, 0.1) is 12.1 Å². The number of amides is 1. The van der Waals surface area contributed by atoms with Crippen LogP contribution in [0.4, 0.5) is 0 Å². The van der Waals surface area contributed by atoms with Gasteiger partial charge in [-0.05, 0) is 32.6 Å². The van der Waals surface area contributed by atoms with Crippen molar-refractivity contribution >= 4 is 5.91 Å². The van der Waals surface area contributed by atoms with Crippen molar-refractivity contribution in [2.45, 2.75) is 78.4 Å². The Morgan fingerprint density at radius 1 is 1.09 bits per heavy atom. The number of ether oxygens (including phenoxy) is 1. The number of nitrogens with one attached hydrogen (secondary N) is 1. The summed E-state index contributed by atoms with van der Waals surface area (Å²) in [5, 5.41) is 3.14. The molecule has 0 atom stereocenters. The van der Waals surface area contributed by atoms with Crippen molar-refractivity contribution in [3.05, 3.63) is 0 Å². The van der Waals surface area contributed by atoms with Gasteiger partial charge in [-0.3, -0.25) is 9.69 Å². The fourth-order valence-electron chi connectivity index (χ4n) is 2.86. The highest BCUT2D eigenvalue weighted by Crippen LogP contribution is 2.11. The molecule has 0 aromatic rings. The summed E-state index contributed by atoms with van der Waals surface area (Å²) in [5.74, 6) is 0.944. The molecule has 4 nitrogen and oxygen atoms in total. The molecule has 0 spiro atoms. The van der Waals surface area contributed by atoms with Gasteiger partial charge in [-0.1, -0.05) is 33.1 Å². The van der Waals surface area contributed by atoms with Gasteiger partial charge in [0.15, 0.2) is 0 Å². The van der Waals surface area contributed by atoms with Crippen LogP contribution in [0.2, 0.25) is 0 Å². The summed E-state index contributed by atoms with van der Waals surface area (Å²) >= 11 is 0. The van der Waals surface area contributed by atoms with Gasteiger partial charge in [-0.15, -0.1) is 0 Å². The van der Waals surface area contributed by atoms with E-state index in [1.807, 2.05) is 0 Å². The van der Waals surface area contributed by atoms with Crippen LogP contribution >= 0.6 is 0 Å². The van der Waals surface area contributed by atoms with Crippen LogP contribution in [-0.4, -0.2) is 49.2 Å². The lowest BCUT2D eigenvalue weighted by molar-refractivity contribution is -0.123. The number of unbranched alkanes of at least 4 members (excludes halogenated alkanes) is 4. The molecule has 1 amide bonds. The normalized spacial score (nSPS) is 16.3. The standard InChI is InChI=1S/C18H36N2O2/c1-15(2)12-20-13-17(14-20)19-18(21)10-8-6-5-7-9-11-22-16(3)4/h15-17H,5-14H2,1-4H3,(H,19,21). The Bertz CT molecular complexity index is 299. The second-order valence-electron chi connectivity index (χ2n) is 7.31. The molecule has 22 heavy (non-hydrogen) atoms. The Hall–Kier alpha value is -0.610. The molecule has 0 aromatic heterocycles. The molecule has 1 heterocycles. The van der Waals surface area contributed by atoms with E-state index in [9.17, 15) is 4.79 Å². The van der Waals surface area contributed by atoms with Crippen LogP contribution in [0.1, 0.15) is 66.2 Å². The van der Waals surface area contributed by atoms with E-state index >= 15 is 0 Å². The van der Waals surface area contributed by atoms with E-state index < -0.39 is 0 Å². The molecule has 0 unspecified atom stereocenters. The first-order chi connectivity index (χ1) is 10.5. The predicted molar refractivity (Wildman–Crippen MR) is 92.0 cm³/mol. The first kappa shape index (κ1) is 19.4. The minimum Gasteiger partial charge on any atom is -0.379 e. The number of carbonyl (C=O) groups is 1. The van der Waals surface area contributed by atoms with Gasteiger partial charge in [-0.25, -0.2) is 0 Å². The summed E-state index contributed by atoms with van der Waals surface area (Å²) in [6, 6.07) is 0.388. The molecular formula is C18H36N2O2. The van der Waals surface area contributed by atoms with E-state index in [1.54, 1.807) is 0 Å². The van der Waals surface area contributed by atoms with Crippen molar-refractivity contribution in [1.29, 1.82) is 0 Å². The Kier molecular flexibility index (Phi) is 9.73. The fourth-order valence-corrected chi connectivity index (χ4v) is 2.86. The topological polar surface area (TPSA) is 41.6 Å². The zero-order valence-electron chi connectivity index (χ0n) is 15.1. The third-order valence-electron chi connectivity index (χ3n) is 3.94. The molecule has 0 saturated carbocycles. The van der Waals surface area contributed by atoms with Crippen molar-refractivity contribution in [3.63, 3.8) is 0 Å². The maximum atomic E-state index is 11.8. The lowest BCUT2D eigenvalue weighted by Gasteiger charge is -2.40. The van der Waals surface area contributed by atoms with Gasteiger partial charge < -0.3 is 10.1 Å². The van der Waals surface area contributed by atoms with Gasteiger partial charge in [0.1, 0.15) is 0 Å². The van der Waals surface area contributed by atoms with E-state index in [0.29, 0.717) is 24.5 Å². The van der Waals surface area contributed by atoms with Crippen molar-refractivity contribution < 1.29 is 9.53 Å². The van der Waals surface area contributed by atoms with E-state index in [4.69, 9.17) is 4.74 Å². The smallest absolute Gasteiger partial charge is 0.220 e.